The monoisotopic (exact) mass is 394 g/mol. The first-order valence-electron chi connectivity index (χ1n) is 7.93. The fraction of sp³-hybridized carbons (Fsp3) is 0.222. The zero-order chi connectivity index (χ0) is 20.0. The van der Waals surface area contributed by atoms with Gasteiger partial charge in [0.2, 0.25) is 10.0 Å². The SMILES string of the molecule is COC(=O)c1cccc(N(CCNC(=O)c2ccccc2F)S(C)(=O)=O)c1. The van der Waals surface area contributed by atoms with E-state index in [1.807, 2.05) is 0 Å². The Kier molecular flexibility index (Phi) is 6.51. The van der Waals surface area contributed by atoms with Crippen LogP contribution in [-0.2, 0) is 14.8 Å². The predicted molar refractivity (Wildman–Crippen MR) is 98.7 cm³/mol. The van der Waals surface area contributed by atoms with Crippen molar-refractivity contribution in [2.45, 2.75) is 0 Å². The number of carbonyl (C=O) groups excluding carboxylic acids is 2. The molecule has 2 rings (SSSR count). The number of carbonyl (C=O) groups is 2. The standard InChI is InChI=1S/C18H19FN2O5S/c1-26-18(23)13-6-5-7-14(12-13)21(27(2,24)25)11-10-20-17(22)15-8-3-4-9-16(15)19/h3-9,12H,10-11H2,1-2H3,(H,20,22). The van der Waals surface area contributed by atoms with Gasteiger partial charge in [-0.3, -0.25) is 9.10 Å². The minimum atomic E-state index is -3.68. The lowest BCUT2D eigenvalue weighted by Gasteiger charge is -2.23. The first-order valence-corrected chi connectivity index (χ1v) is 9.77. The molecular weight excluding hydrogens is 375 g/mol. The largest absolute Gasteiger partial charge is 0.465 e. The Labute approximate surface area is 156 Å². The second-order valence-corrected chi connectivity index (χ2v) is 7.52. The summed E-state index contributed by atoms with van der Waals surface area (Å²) in [6.45, 7) is -0.146. The molecule has 2 aromatic rings. The maximum absolute atomic E-state index is 13.6. The Hall–Kier alpha value is -2.94. The summed E-state index contributed by atoms with van der Waals surface area (Å²) in [6, 6.07) is 11.4. The van der Waals surface area contributed by atoms with E-state index in [0.29, 0.717) is 0 Å². The Morgan fingerprint density at radius 2 is 1.85 bits per heavy atom. The normalized spacial score (nSPS) is 10.9. The fourth-order valence-electron chi connectivity index (χ4n) is 2.40. The number of hydrogen-bond donors (Lipinski definition) is 1. The lowest BCUT2D eigenvalue weighted by molar-refractivity contribution is 0.0600. The van der Waals surface area contributed by atoms with E-state index in [9.17, 15) is 22.4 Å². The van der Waals surface area contributed by atoms with Gasteiger partial charge in [-0.1, -0.05) is 18.2 Å². The molecule has 0 atom stereocenters. The molecule has 0 aliphatic rings. The van der Waals surface area contributed by atoms with E-state index >= 15 is 0 Å². The third kappa shape index (κ3) is 5.27. The molecule has 0 aliphatic carbocycles. The number of halogens is 1. The number of benzene rings is 2. The molecule has 0 aromatic heterocycles. The maximum atomic E-state index is 13.6. The van der Waals surface area contributed by atoms with Crippen molar-refractivity contribution < 1.29 is 27.1 Å². The van der Waals surface area contributed by atoms with Gasteiger partial charge in [-0.25, -0.2) is 17.6 Å². The van der Waals surface area contributed by atoms with Gasteiger partial charge in [0.15, 0.2) is 0 Å². The summed E-state index contributed by atoms with van der Waals surface area (Å²) in [4.78, 5) is 23.7. The van der Waals surface area contributed by atoms with Crippen LogP contribution in [-0.4, -0.2) is 46.7 Å². The number of ether oxygens (including phenoxy) is 1. The second kappa shape index (κ2) is 8.63. The highest BCUT2D eigenvalue weighted by molar-refractivity contribution is 7.92. The third-order valence-corrected chi connectivity index (χ3v) is 4.87. The first-order chi connectivity index (χ1) is 12.7. The molecule has 1 amide bonds. The lowest BCUT2D eigenvalue weighted by atomic mass is 10.2. The van der Waals surface area contributed by atoms with Crippen LogP contribution in [0.3, 0.4) is 0 Å². The van der Waals surface area contributed by atoms with Crippen molar-refractivity contribution in [1.29, 1.82) is 0 Å². The fourth-order valence-corrected chi connectivity index (χ4v) is 3.32. The highest BCUT2D eigenvalue weighted by atomic mass is 32.2. The minimum absolute atomic E-state index is 0.0529. The smallest absolute Gasteiger partial charge is 0.337 e. The Bertz CT molecular complexity index is 946. The third-order valence-electron chi connectivity index (χ3n) is 3.67. The molecule has 0 radical (unpaired) electrons. The van der Waals surface area contributed by atoms with Crippen molar-refractivity contribution in [3.8, 4) is 0 Å². The van der Waals surface area contributed by atoms with Crippen LogP contribution in [0.4, 0.5) is 10.1 Å². The molecule has 0 bridgehead atoms. The molecule has 0 aliphatic heterocycles. The summed E-state index contributed by atoms with van der Waals surface area (Å²) in [5.41, 5.74) is 0.315. The molecule has 0 heterocycles. The minimum Gasteiger partial charge on any atom is -0.465 e. The van der Waals surface area contributed by atoms with Crippen LogP contribution in [0.25, 0.3) is 0 Å². The van der Waals surface area contributed by atoms with Gasteiger partial charge >= 0.3 is 5.97 Å². The van der Waals surface area contributed by atoms with E-state index in [4.69, 9.17) is 0 Å². The van der Waals surface area contributed by atoms with Gasteiger partial charge in [-0.2, -0.15) is 0 Å². The molecule has 0 spiro atoms. The van der Waals surface area contributed by atoms with Crippen molar-refractivity contribution in [3.05, 3.63) is 65.5 Å². The molecule has 0 unspecified atom stereocenters. The summed E-state index contributed by atoms with van der Waals surface area (Å²) in [6.07, 6.45) is 1.01. The summed E-state index contributed by atoms with van der Waals surface area (Å²) >= 11 is 0. The van der Waals surface area contributed by atoms with E-state index in [0.717, 1.165) is 16.6 Å². The maximum Gasteiger partial charge on any atom is 0.337 e. The van der Waals surface area contributed by atoms with Gasteiger partial charge in [-0.05, 0) is 30.3 Å². The highest BCUT2D eigenvalue weighted by Gasteiger charge is 2.19. The van der Waals surface area contributed by atoms with Crippen LogP contribution < -0.4 is 9.62 Å². The average Bonchev–Trinajstić information content (AvgIpc) is 2.63. The average molecular weight is 394 g/mol. The van der Waals surface area contributed by atoms with Crippen LogP contribution in [0.5, 0.6) is 0 Å². The topological polar surface area (TPSA) is 92.8 Å². The number of amides is 1. The summed E-state index contributed by atoms with van der Waals surface area (Å²) < 4.78 is 43.5. The van der Waals surface area contributed by atoms with E-state index in [1.54, 1.807) is 0 Å². The number of rotatable bonds is 7. The molecule has 144 valence electrons. The van der Waals surface area contributed by atoms with Crippen molar-refractivity contribution in [2.75, 3.05) is 30.8 Å². The van der Waals surface area contributed by atoms with Crippen molar-refractivity contribution in [2.24, 2.45) is 0 Å². The quantitative estimate of drug-likeness (QED) is 0.723. The van der Waals surface area contributed by atoms with Gasteiger partial charge in [-0.15, -0.1) is 0 Å². The Morgan fingerprint density at radius 3 is 2.48 bits per heavy atom. The number of nitrogens with one attached hydrogen (secondary N) is 1. The summed E-state index contributed by atoms with van der Waals surface area (Å²) in [5, 5.41) is 2.48. The van der Waals surface area contributed by atoms with Crippen molar-refractivity contribution in [1.82, 2.24) is 5.32 Å². The van der Waals surface area contributed by atoms with Crippen LogP contribution in [0.1, 0.15) is 20.7 Å². The van der Waals surface area contributed by atoms with Gasteiger partial charge in [0.05, 0.1) is 36.7 Å². The zero-order valence-electron chi connectivity index (χ0n) is 14.8. The Balaban J connectivity index is 2.14. The van der Waals surface area contributed by atoms with Crippen LogP contribution in [0, 0.1) is 5.82 Å². The molecule has 9 heteroatoms. The van der Waals surface area contributed by atoms with Gasteiger partial charge in [0.1, 0.15) is 5.82 Å². The van der Waals surface area contributed by atoms with Crippen LogP contribution in [0.15, 0.2) is 48.5 Å². The number of anilines is 1. The second-order valence-electron chi connectivity index (χ2n) is 5.61. The van der Waals surface area contributed by atoms with Crippen LogP contribution in [0.2, 0.25) is 0 Å². The van der Waals surface area contributed by atoms with Gasteiger partial charge < -0.3 is 10.1 Å². The molecular formula is C18H19FN2O5S. The summed E-state index contributed by atoms with van der Waals surface area (Å²) in [7, 11) is -2.46. The molecule has 0 fully saturated rings. The molecule has 27 heavy (non-hydrogen) atoms. The number of methoxy groups -OCH3 is 1. The predicted octanol–water partition coefficient (Wildman–Crippen LogP) is 1.81. The highest BCUT2D eigenvalue weighted by Crippen LogP contribution is 2.19. The number of esters is 1. The van der Waals surface area contributed by atoms with Crippen molar-refractivity contribution >= 4 is 27.6 Å². The van der Waals surface area contributed by atoms with E-state index in [-0.39, 0.29) is 29.9 Å². The summed E-state index contributed by atoms with van der Waals surface area (Å²) in [5.74, 6) is -1.91. The van der Waals surface area contributed by atoms with Crippen LogP contribution >= 0.6 is 0 Å². The lowest BCUT2D eigenvalue weighted by Crippen LogP contribution is -2.38. The van der Waals surface area contributed by atoms with E-state index in [1.165, 1.54) is 49.6 Å². The van der Waals surface area contributed by atoms with Gasteiger partial charge in [0, 0.05) is 6.54 Å². The number of nitrogens with zero attached hydrogens (tertiary/aromatic N) is 1. The van der Waals surface area contributed by atoms with E-state index in [2.05, 4.69) is 10.1 Å². The van der Waals surface area contributed by atoms with Gasteiger partial charge in [0.25, 0.3) is 5.91 Å². The first kappa shape index (κ1) is 20.4. The molecule has 7 nitrogen and oxygen atoms in total. The number of hydrogen-bond acceptors (Lipinski definition) is 5. The zero-order valence-corrected chi connectivity index (χ0v) is 15.6. The molecule has 2 aromatic carbocycles. The molecule has 1 N–H and O–H groups in total. The number of sulfonamides is 1. The molecule has 0 saturated carbocycles. The van der Waals surface area contributed by atoms with E-state index < -0.39 is 27.7 Å². The molecule has 0 saturated heterocycles. The Morgan fingerprint density at radius 1 is 1.15 bits per heavy atom. The van der Waals surface area contributed by atoms with Crippen molar-refractivity contribution in [3.63, 3.8) is 0 Å².